The van der Waals surface area contributed by atoms with Crippen LogP contribution in [-0.2, 0) is 19.4 Å². The van der Waals surface area contributed by atoms with Gasteiger partial charge < -0.3 is 4.74 Å². The zero-order chi connectivity index (χ0) is 21.3. The first-order valence-electron chi connectivity index (χ1n) is 8.58. The summed E-state index contributed by atoms with van der Waals surface area (Å²) in [5, 5.41) is 4.45. The lowest BCUT2D eigenvalue weighted by atomic mass is 9.98. The highest BCUT2D eigenvalue weighted by Gasteiger charge is 2.37. The van der Waals surface area contributed by atoms with Gasteiger partial charge in [-0.05, 0) is 37.5 Å². The Morgan fingerprint density at radius 2 is 1.79 bits per heavy atom. The molecule has 0 saturated heterocycles. The number of hydrogen-bond donors (Lipinski definition) is 0. The van der Waals surface area contributed by atoms with E-state index in [1.54, 1.807) is 13.8 Å². The van der Waals surface area contributed by atoms with E-state index in [-0.39, 0.29) is 21.8 Å². The molecule has 0 fully saturated rings. The quantitative estimate of drug-likeness (QED) is 0.496. The Labute approximate surface area is 163 Å². The van der Waals surface area contributed by atoms with Gasteiger partial charge in [-0.2, -0.15) is 18.3 Å². The second-order valence-corrected chi connectivity index (χ2v) is 6.68. The van der Waals surface area contributed by atoms with Gasteiger partial charge in [-0.1, -0.05) is 31.5 Å². The van der Waals surface area contributed by atoms with Gasteiger partial charge in [0.1, 0.15) is 5.75 Å². The molecule has 0 aliphatic heterocycles. The third-order valence-corrected chi connectivity index (χ3v) is 4.62. The van der Waals surface area contributed by atoms with Crippen molar-refractivity contribution in [3.8, 4) is 17.0 Å². The molecule has 2 rings (SSSR count). The smallest absolute Gasteiger partial charge is 0.405 e. The normalized spacial score (nSPS) is 13.6. The molecule has 10 heteroatoms. The van der Waals surface area contributed by atoms with Crippen molar-refractivity contribution >= 4 is 11.6 Å². The summed E-state index contributed by atoms with van der Waals surface area (Å²) in [7, 11) is 0. The lowest BCUT2D eigenvalue weighted by molar-refractivity contribution is -0.274. The Morgan fingerprint density at radius 3 is 2.29 bits per heavy atom. The van der Waals surface area contributed by atoms with Crippen LogP contribution in [0.5, 0.6) is 5.75 Å². The minimum Gasteiger partial charge on any atom is -0.405 e. The van der Waals surface area contributed by atoms with Crippen LogP contribution in [-0.4, -0.2) is 22.3 Å². The Bertz CT molecular complexity index is 829. The fourth-order valence-corrected chi connectivity index (χ4v) is 3.14. The van der Waals surface area contributed by atoms with Crippen molar-refractivity contribution < 1.29 is 31.1 Å². The number of aromatic nitrogens is 2. The first kappa shape index (κ1) is 22.4. The third kappa shape index (κ3) is 5.12. The molecule has 0 aliphatic rings. The molecule has 1 unspecified atom stereocenters. The fraction of sp³-hybridized carbons (Fsp3) is 0.500. The number of halogens is 7. The van der Waals surface area contributed by atoms with Crippen LogP contribution in [0.1, 0.15) is 32.0 Å². The topological polar surface area (TPSA) is 27.1 Å². The van der Waals surface area contributed by atoms with Gasteiger partial charge in [-0.3, -0.25) is 4.68 Å². The second kappa shape index (κ2) is 8.23. The van der Waals surface area contributed by atoms with Gasteiger partial charge in [0.2, 0.25) is 0 Å². The summed E-state index contributed by atoms with van der Waals surface area (Å²) in [5.41, 5.74) is 0.823. The summed E-state index contributed by atoms with van der Waals surface area (Å²) >= 11 is 6.30. The maximum Gasteiger partial charge on any atom is 0.573 e. The first-order valence-corrected chi connectivity index (χ1v) is 8.96. The SMILES string of the molecule is CCc1nn(CC)c(-c2ccc(CC(C)C(F)(F)F)cc2OC(F)(F)F)c1Cl. The molecule has 1 atom stereocenters. The van der Waals surface area contributed by atoms with Gasteiger partial charge >= 0.3 is 12.5 Å². The van der Waals surface area contributed by atoms with Crippen molar-refractivity contribution in [2.75, 3.05) is 0 Å². The highest BCUT2D eigenvalue weighted by atomic mass is 35.5. The van der Waals surface area contributed by atoms with Gasteiger partial charge in [0.25, 0.3) is 0 Å². The fourth-order valence-electron chi connectivity index (χ4n) is 2.77. The molecular weight excluding hydrogens is 410 g/mol. The first-order chi connectivity index (χ1) is 12.9. The highest BCUT2D eigenvalue weighted by Crippen LogP contribution is 2.40. The Kier molecular flexibility index (Phi) is 6.58. The van der Waals surface area contributed by atoms with Crippen LogP contribution < -0.4 is 4.74 Å². The van der Waals surface area contributed by atoms with Gasteiger partial charge in [0.05, 0.1) is 22.3 Å². The lowest BCUT2D eigenvalue weighted by Crippen LogP contribution is -2.22. The van der Waals surface area contributed by atoms with Gasteiger partial charge in [0, 0.05) is 12.1 Å². The molecule has 0 saturated carbocycles. The second-order valence-electron chi connectivity index (χ2n) is 6.30. The molecule has 156 valence electrons. The number of ether oxygens (including phenoxy) is 1. The van der Waals surface area contributed by atoms with Crippen molar-refractivity contribution in [3.63, 3.8) is 0 Å². The van der Waals surface area contributed by atoms with Crippen molar-refractivity contribution in [2.45, 2.75) is 52.7 Å². The van der Waals surface area contributed by atoms with E-state index in [1.807, 2.05) is 0 Å². The van der Waals surface area contributed by atoms with E-state index < -0.39 is 30.6 Å². The molecule has 1 heterocycles. The van der Waals surface area contributed by atoms with Gasteiger partial charge in [-0.15, -0.1) is 13.2 Å². The maximum absolute atomic E-state index is 12.9. The van der Waals surface area contributed by atoms with Crippen LogP contribution in [0.3, 0.4) is 0 Å². The maximum atomic E-state index is 12.9. The van der Waals surface area contributed by atoms with E-state index in [0.717, 1.165) is 13.0 Å². The summed E-state index contributed by atoms with van der Waals surface area (Å²) in [4.78, 5) is 0. The Hall–Kier alpha value is -1.90. The monoisotopic (exact) mass is 428 g/mol. The number of aryl methyl sites for hydroxylation is 2. The van der Waals surface area contributed by atoms with Crippen molar-refractivity contribution in [3.05, 3.63) is 34.5 Å². The summed E-state index contributed by atoms with van der Waals surface area (Å²) < 4.78 is 82.7. The van der Waals surface area contributed by atoms with E-state index in [4.69, 9.17) is 11.6 Å². The average Bonchev–Trinajstić information content (AvgIpc) is 2.88. The van der Waals surface area contributed by atoms with Crippen LogP contribution >= 0.6 is 11.6 Å². The molecule has 1 aromatic carbocycles. The molecule has 2 aromatic rings. The number of nitrogens with zero attached hydrogens (tertiary/aromatic N) is 2. The minimum absolute atomic E-state index is 0.0137. The summed E-state index contributed by atoms with van der Waals surface area (Å²) in [6, 6.07) is 3.60. The molecular formula is C18H19ClF6N2O. The molecule has 0 amide bonds. The van der Waals surface area contributed by atoms with Crippen molar-refractivity contribution in [2.24, 2.45) is 5.92 Å². The molecule has 0 radical (unpaired) electrons. The number of benzene rings is 1. The van der Waals surface area contributed by atoms with Crippen LogP contribution in [0.15, 0.2) is 18.2 Å². The van der Waals surface area contributed by atoms with E-state index >= 15 is 0 Å². The Morgan fingerprint density at radius 1 is 1.14 bits per heavy atom. The molecule has 1 aromatic heterocycles. The van der Waals surface area contributed by atoms with Crippen LogP contribution in [0, 0.1) is 5.92 Å². The number of rotatable bonds is 6. The van der Waals surface area contributed by atoms with Gasteiger partial charge in [-0.25, -0.2) is 0 Å². The zero-order valence-electron chi connectivity index (χ0n) is 15.4. The summed E-state index contributed by atoms with van der Waals surface area (Å²) in [5.74, 6) is -2.33. The minimum atomic E-state index is -5.01. The molecule has 28 heavy (non-hydrogen) atoms. The van der Waals surface area contributed by atoms with Crippen molar-refractivity contribution in [1.82, 2.24) is 9.78 Å². The lowest BCUT2D eigenvalue weighted by Gasteiger charge is -2.18. The van der Waals surface area contributed by atoms with Crippen LogP contribution in [0.25, 0.3) is 11.3 Å². The van der Waals surface area contributed by atoms with Crippen LogP contribution in [0.2, 0.25) is 5.02 Å². The zero-order valence-corrected chi connectivity index (χ0v) is 16.1. The highest BCUT2D eigenvalue weighted by molar-refractivity contribution is 6.33. The number of hydrogen-bond acceptors (Lipinski definition) is 2. The van der Waals surface area contributed by atoms with Gasteiger partial charge in [0.15, 0.2) is 0 Å². The van der Waals surface area contributed by atoms with Crippen LogP contribution in [0.4, 0.5) is 26.3 Å². The predicted molar refractivity (Wildman–Crippen MR) is 93.3 cm³/mol. The largest absolute Gasteiger partial charge is 0.573 e. The summed E-state index contributed by atoms with van der Waals surface area (Å²) in [6.07, 6.45) is -9.47. The molecule has 0 N–H and O–H groups in total. The van der Waals surface area contributed by atoms with E-state index in [2.05, 4.69) is 9.84 Å². The molecule has 0 aliphatic carbocycles. The van der Waals surface area contributed by atoms with E-state index in [1.165, 1.54) is 16.8 Å². The standard InChI is InChI=1S/C18H19ClF6N2O/c1-4-13-15(19)16(27(5-2)26-13)12-7-6-11(8-10(3)17(20,21)22)9-14(12)28-18(23,24)25/h6-7,9-10H,4-5,8H2,1-3H3. The van der Waals surface area contributed by atoms with Crippen molar-refractivity contribution in [1.29, 1.82) is 0 Å². The van der Waals surface area contributed by atoms with E-state index in [0.29, 0.717) is 18.7 Å². The summed E-state index contributed by atoms with van der Waals surface area (Å²) in [6.45, 7) is 4.85. The molecule has 3 nitrogen and oxygen atoms in total. The number of alkyl halides is 6. The third-order valence-electron chi connectivity index (χ3n) is 4.22. The molecule has 0 spiro atoms. The Balaban J connectivity index is 2.57. The van der Waals surface area contributed by atoms with E-state index in [9.17, 15) is 26.3 Å². The predicted octanol–water partition coefficient (Wildman–Crippen LogP) is 6.43. The molecule has 0 bridgehead atoms. The average molecular weight is 429 g/mol.